The first-order valence-electron chi connectivity index (χ1n) is 11.7. The largest absolute Gasteiger partial charge is 0.494 e. The molecule has 10 heteroatoms. The van der Waals surface area contributed by atoms with Crippen molar-refractivity contribution in [2.24, 2.45) is 0 Å². The highest BCUT2D eigenvalue weighted by Crippen LogP contribution is 2.44. The van der Waals surface area contributed by atoms with Gasteiger partial charge in [0.2, 0.25) is 10.0 Å². The van der Waals surface area contributed by atoms with Crippen LogP contribution in [-0.2, 0) is 10.0 Å². The highest BCUT2D eigenvalue weighted by Gasteiger charge is 2.41. The fourth-order valence-corrected chi connectivity index (χ4v) is 6.03. The summed E-state index contributed by atoms with van der Waals surface area (Å²) in [4.78, 5) is 6.68. The van der Waals surface area contributed by atoms with Crippen molar-refractivity contribution in [3.63, 3.8) is 0 Å². The van der Waals surface area contributed by atoms with Crippen molar-refractivity contribution in [2.45, 2.75) is 43.8 Å². The van der Waals surface area contributed by atoms with Gasteiger partial charge in [0.1, 0.15) is 5.75 Å². The molecule has 1 saturated heterocycles. The number of pyridine rings is 1. The lowest BCUT2D eigenvalue weighted by Crippen LogP contribution is -2.29. The van der Waals surface area contributed by atoms with Crippen molar-refractivity contribution >= 4 is 38.7 Å². The van der Waals surface area contributed by atoms with Gasteiger partial charge in [-0.1, -0.05) is 18.9 Å². The van der Waals surface area contributed by atoms with E-state index in [1.165, 1.54) is 32.8 Å². The highest BCUT2D eigenvalue weighted by molar-refractivity contribution is 7.92. The number of hydrogen-bond acceptors (Lipinski definition) is 5. The van der Waals surface area contributed by atoms with Gasteiger partial charge in [0.05, 0.1) is 36.8 Å². The predicted octanol–water partition coefficient (Wildman–Crippen LogP) is 4.56. The summed E-state index contributed by atoms with van der Waals surface area (Å²) < 4.78 is 33.9. The molecule has 5 rings (SSSR count). The van der Waals surface area contributed by atoms with Gasteiger partial charge in [0.25, 0.3) is 0 Å². The van der Waals surface area contributed by atoms with Gasteiger partial charge in [-0.05, 0) is 61.0 Å². The average molecular weight is 512 g/mol. The number of rotatable bonds is 7. The zero-order valence-corrected chi connectivity index (χ0v) is 21.3. The molecule has 0 bridgehead atoms. The van der Waals surface area contributed by atoms with E-state index in [2.05, 4.69) is 42.9 Å². The minimum absolute atomic E-state index is 0.140. The van der Waals surface area contributed by atoms with E-state index in [4.69, 9.17) is 17.0 Å². The summed E-state index contributed by atoms with van der Waals surface area (Å²) in [6, 6.07) is 13.7. The van der Waals surface area contributed by atoms with Gasteiger partial charge in [-0.3, -0.25) is 9.71 Å². The maximum Gasteiger partial charge on any atom is 0.229 e. The molecule has 0 unspecified atom stereocenters. The lowest BCUT2D eigenvalue weighted by molar-refractivity contribution is 0.417. The number of hydrogen-bond donors (Lipinski definition) is 2. The monoisotopic (exact) mass is 511 g/mol. The maximum absolute atomic E-state index is 11.8. The minimum Gasteiger partial charge on any atom is -0.494 e. The molecular formula is C25H29N5O3S2. The summed E-state index contributed by atoms with van der Waals surface area (Å²) >= 11 is 5.82. The molecule has 2 N–H and O–H groups in total. The van der Waals surface area contributed by atoms with Crippen LogP contribution >= 0.6 is 12.2 Å². The zero-order chi connectivity index (χ0) is 24.6. The van der Waals surface area contributed by atoms with Gasteiger partial charge in [0.15, 0.2) is 5.11 Å². The molecule has 2 fully saturated rings. The van der Waals surface area contributed by atoms with E-state index in [9.17, 15) is 8.42 Å². The van der Waals surface area contributed by atoms with Gasteiger partial charge in [-0.25, -0.2) is 8.42 Å². The molecular weight excluding hydrogens is 482 g/mol. The number of anilines is 2. The van der Waals surface area contributed by atoms with Gasteiger partial charge in [-0.15, -0.1) is 0 Å². The van der Waals surface area contributed by atoms with Crippen LogP contribution in [0, 0.1) is 0 Å². The van der Waals surface area contributed by atoms with Crippen molar-refractivity contribution < 1.29 is 13.2 Å². The van der Waals surface area contributed by atoms with Crippen LogP contribution < -0.4 is 19.7 Å². The van der Waals surface area contributed by atoms with E-state index in [1.54, 1.807) is 12.3 Å². The number of thiocarbonyl (C=S) groups is 1. The predicted molar refractivity (Wildman–Crippen MR) is 141 cm³/mol. The fraction of sp³-hybridized carbons (Fsp3) is 0.360. The smallest absolute Gasteiger partial charge is 0.229 e. The highest BCUT2D eigenvalue weighted by atomic mass is 32.2. The Balaban J connectivity index is 1.56. The van der Waals surface area contributed by atoms with Gasteiger partial charge in [0, 0.05) is 36.4 Å². The number of sulfonamides is 1. The van der Waals surface area contributed by atoms with Crippen LogP contribution in [0.15, 0.2) is 61.1 Å². The van der Waals surface area contributed by atoms with E-state index in [0.29, 0.717) is 22.6 Å². The lowest BCUT2D eigenvalue weighted by Gasteiger charge is -2.28. The van der Waals surface area contributed by atoms with Crippen LogP contribution in [0.25, 0.3) is 0 Å². The summed E-state index contributed by atoms with van der Waals surface area (Å²) in [7, 11) is -1.93. The molecule has 2 atom stereocenters. The molecule has 1 saturated carbocycles. The number of ether oxygens (including phenoxy) is 1. The van der Waals surface area contributed by atoms with Crippen LogP contribution in [0.2, 0.25) is 0 Å². The van der Waals surface area contributed by atoms with Gasteiger partial charge < -0.3 is 19.5 Å². The Morgan fingerprint density at radius 1 is 1.17 bits per heavy atom. The van der Waals surface area contributed by atoms with E-state index >= 15 is 0 Å². The van der Waals surface area contributed by atoms with E-state index in [0.717, 1.165) is 23.2 Å². The van der Waals surface area contributed by atoms with Crippen molar-refractivity contribution in [2.75, 3.05) is 23.0 Å². The average Bonchev–Trinajstić information content (AvgIpc) is 3.58. The number of methoxy groups -OCH3 is 1. The third-order valence-electron chi connectivity index (χ3n) is 6.68. The summed E-state index contributed by atoms with van der Waals surface area (Å²) in [5.41, 5.74) is 3.22. The number of nitrogens with zero attached hydrogens (tertiary/aromatic N) is 3. The molecule has 8 nitrogen and oxygen atoms in total. The Labute approximate surface area is 211 Å². The molecule has 3 heterocycles. The van der Waals surface area contributed by atoms with Crippen LogP contribution in [0.3, 0.4) is 0 Å². The summed E-state index contributed by atoms with van der Waals surface area (Å²) in [6.45, 7) is 0. The molecule has 2 aromatic heterocycles. The van der Waals surface area contributed by atoms with E-state index in [-0.39, 0.29) is 12.1 Å². The maximum atomic E-state index is 11.8. The Morgan fingerprint density at radius 2 is 1.97 bits per heavy atom. The van der Waals surface area contributed by atoms with E-state index < -0.39 is 10.0 Å². The molecule has 184 valence electrons. The van der Waals surface area contributed by atoms with Crippen LogP contribution in [0.5, 0.6) is 5.75 Å². The van der Waals surface area contributed by atoms with Gasteiger partial charge in [-0.2, -0.15) is 0 Å². The number of nitrogens with one attached hydrogen (secondary N) is 2. The Morgan fingerprint density at radius 3 is 2.66 bits per heavy atom. The summed E-state index contributed by atoms with van der Waals surface area (Å²) in [5, 5.41) is 4.04. The first kappa shape index (κ1) is 23.6. The van der Waals surface area contributed by atoms with Gasteiger partial charge >= 0.3 is 0 Å². The first-order valence-corrected chi connectivity index (χ1v) is 14.0. The first-order chi connectivity index (χ1) is 16.8. The van der Waals surface area contributed by atoms with E-state index in [1.807, 2.05) is 30.3 Å². The fourth-order valence-electron chi connectivity index (χ4n) is 5.12. The second kappa shape index (κ2) is 9.50. The molecule has 0 radical (unpaired) electrons. The molecule has 0 amide bonds. The minimum atomic E-state index is -3.45. The second-order valence-corrected chi connectivity index (χ2v) is 11.2. The summed E-state index contributed by atoms with van der Waals surface area (Å²) in [6.07, 6.45) is 12.2. The second-order valence-electron chi connectivity index (χ2n) is 9.09. The number of aromatic nitrogens is 2. The third kappa shape index (κ3) is 4.85. The Hall–Kier alpha value is -3.11. The van der Waals surface area contributed by atoms with Crippen LogP contribution in [0.1, 0.15) is 55.1 Å². The molecule has 0 spiro atoms. The van der Waals surface area contributed by atoms with Crippen molar-refractivity contribution in [1.82, 2.24) is 14.9 Å². The standard InChI is InChI=1S/C25H29N5O3S2/c1-33-22-15-19(10-11-20(22)28-35(2,31)32)30-24(17-12-14-29(16-17)18-7-3-4-8-18)23(27-25(30)34)21-9-5-6-13-26-21/h5-6,9-16,18,23-24,28H,3-4,7-8H2,1-2H3,(H,27,34)/t23-,24-/m0/s1. The van der Waals surface area contributed by atoms with Crippen molar-refractivity contribution in [1.29, 1.82) is 0 Å². The van der Waals surface area contributed by atoms with Crippen LogP contribution in [-0.4, -0.2) is 36.4 Å². The SMILES string of the molecule is COc1cc(N2C(=S)N[C@@H](c3ccccn3)[C@@H]2c2ccn(C3CCCC3)c2)ccc1NS(C)(=O)=O. The quantitative estimate of drug-likeness (QED) is 0.450. The van der Waals surface area contributed by atoms with Crippen LogP contribution in [0.4, 0.5) is 11.4 Å². The van der Waals surface area contributed by atoms with Crippen molar-refractivity contribution in [3.05, 3.63) is 72.3 Å². The zero-order valence-electron chi connectivity index (χ0n) is 19.7. The normalized spacial score (nSPS) is 20.7. The molecule has 1 aliphatic carbocycles. The van der Waals surface area contributed by atoms with Crippen molar-refractivity contribution in [3.8, 4) is 5.75 Å². The molecule has 1 aliphatic heterocycles. The number of benzene rings is 1. The topological polar surface area (TPSA) is 88.5 Å². The Bertz CT molecular complexity index is 1320. The lowest BCUT2D eigenvalue weighted by atomic mass is 9.98. The molecule has 35 heavy (non-hydrogen) atoms. The molecule has 2 aliphatic rings. The Kier molecular flexibility index (Phi) is 6.41. The third-order valence-corrected chi connectivity index (χ3v) is 7.59. The summed E-state index contributed by atoms with van der Waals surface area (Å²) in [5.74, 6) is 0.416. The molecule has 3 aromatic rings. The molecule has 1 aromatic carbocycles.